The fourth-order valence-corrected chi connectivity index (χ4v) is 3.67. The Labute approximate surface area is 124 Å². The Hall–Kier alpha value is -1.86. The molecule has 0 aliphatic rings. The first kappa shape index (κ1) is 15.5. The molecule has 2 aromatic heterocycles. The standard InChI is InChI=1S/C14H19N3O3S/c1-9-5-6-12(7-16-9)17-21(18,19)14-11(3)20-10(2)13(14)8-15-4/h5-7,15,17H,8H2,1-4H3. The minimum Gasteiger partial charge on any atom is -0.465 e. The van der Waals surface area contributed by atoms with E-state index in [1.165, 1.54) is 6.20 Å². The first-order chi connectivity index (χ1) is 9.85. The van der Waals surface area contributed by atoms with Crippen LogP contribution in [0.5, 0.6) is 0 Å². The summed E-state index contributed by atoms with van der Waals surface area (Å²) in [6.07, 6.45) is 1.49. The summed E-state index contributed by atoms with van der Waals surface area (Å²) in [5.74, 6) is 0.981. The Morgan fingerprint density at radius 3 is 2.48 bits per heavy atom. The zero-order valence-electron chi connectivity index (χ0n) is 12.5. The number of sulfonamides is 1. The van der Waals surface area contributed by atoms with Gasteiger partial charge in [-0.2, -0.15) is 0 Å². The van der Waals surface area contributed by atoms with Gasteiger partial charge in [-0.15, -0.1) is 0 Å². The Kier molecular flexibility index (Phi) is 4.34. The van der Waals surface area contributed by atoms with Gasteiger partial charge in [0, 0.05) is 17.8 Å². The van der Waals surface area contributed by atoms with Crippen molar-refractivity contribution in [3.8, 4) is 0 Å². The molecule has 0 aromatic carbocycles. The van der Waals surface area contributed by atoms with Crippen LogP contribution in [0, 0.1) is 20.8 Å². The van der Waals surface area contributed by atoms with E-state index in [9.17, 15) is 8.42 Å². The lowest BCUT2D eigenvalue weighted by molar-refractivity contribution is 0.494. The van der Waals surface area contributed by atoms with Crippen molar-refractivity contribution in [3.05, 3.63) is 41.1 Å². The van der Waals surface area contributed by atoms with Crippen LogP contribution >= 0.6 is 0 Å². The zero-order chi connectivity index (χ0) is 15.6. The van der Waals surface area contributed by atoms with Crippen molar-refractivity contribution in [1.29, 1.82) is 0 Å². The fraction of sp³-hybridized carbons (Fsp3) is 0.357. The van der Waals surface area contributed by atoms with Crippen LogP contribution in [0.15, 0.2) is 27.6 Å². The van der Waals surface area contributed by atoms with E-state index in [1.807, 2.05) is 6.92 Å². The van der Waals surface area contributed by atoms with Crippen LogP contribution in [0.2, 0.25) is 0 Å². The number of aryl methyl sites for hydroxylation is 3. The molecule has 0 saturated heterocycles. The van der Waals surface area contributed by atoms with Crippen molar-refractivity contribution >= 4 is 15.7 Å². The summed E-state index contributed by atoms with van der Waals surface area (Å²) in [4.78, 5) is 4.27. The molecule has 0 bridgehead atoms. The van der Waals surface area contributed by atoms with Crippen molar-refractivity contribution in [1.82, 2.24) is 10.3 Å². The van der Waals surface area contributed by atoms with Crippen molar-refractivity contribution in [2.45, 2.75) is 32.2 Å². The van der Waals surface area contributed by atoms with Crippen LogP contribution in [0.4, 0.5) is 5.69 Å². The second-order valence-electron chi connectivity index (χ2n) is 4.85. The Morgan fingerprint density at radius 1 is 1.19 bits per heavy atom. The minimum absolute atomic E-state index is 0.190. The quantitative estimate of drug-likeness (QED) is 0.884. The van der Waals surface area contributed by atoms with Gasteiger partial charge in [0.1, 0.15) is 16.4 Å². The van der Waals surface area contributed by atoms with Crippen LogP contribution in [0.1, 0.15) is 22.8 Å². The predicted octanol–water partition coefficient (Wildman–Crippen LogP) is 2.12. The molecule has 21 heavy (non-hydrogen) atoms. The Balaban J connectivity index is 2.42. The highest BCUT2D eigenvalue weighted by Gasteiger charge is 2.26. The predicted molar refractivity (Wildman–Crippen MR) is 80.7 cm³/mol. The lowest BCUT2D eigenvalue weighted by Crippen LogP contribution is -2.17. The van der Waals surface area contributed by atoms with Crippen LogP contribution in [0.3, 0.4) is 0 Å². The van der Waals surface area contributed by atoms with Crippen LogP contribution in [-0.4, -0.2) is 20.4 Å². The monoisotopic (exact) mass is 309 g/mol. The van der Waals surface area contributed by atoms with E-state index in [2.05, 4.69) is 15.0 Å². The molecule has 0 spiro atoms. The molecule has 114 valence electrons. The summed E-state index contributed by atoms with van der Waals surface area (Å²) in [7, 11) is -1.95. The van der Waals surface area contributed by atoms with Crippen molar-refractivity contribution in [3.63, 3.8) is 0 Å². The first-order valence-corrected chi connectivity index (χ1v) is 8.02. The van der Waals surface area contributed by atoms with Gasteiger partial charge in [-0.3, -0.25) is 9.71 Å². The van der Waals surface area contributed by atoms with Gasteiger partial charge in [-0.25, -0.2) is 8.42 Å². The third kappa shape index (κ3) is 3.25. The molecular weight excluding hydrogens is 290 g/mol. The molecule has 2 heterocycles. The number of furan rings is 1. The number of rotatable bonds is 5. The smallest absolute Gasteiger partial charge is 0.265 e. The van der Waals surface area contributed by atoms with Crippen LogP contribution in [-0.2, 0) is 16.6 Å². The normalized spacial score (nSPS) is 11.6. The lowest BCUT2D eigenvalue weighted by atomic mass is 10.2. The Bertz CT molecular complexity index is 734. The number of hydrogen-bond acceptors (Lipinski definition) is 5. The van der Waals surface area contributed by atoms with Crippen LogP contribution < -0.4 is 10.0 Å². The highest BCUT2D eigenvalue weighted by Crippen LogP contribution is 2.28. The van der Waals surface area contributed by atoms with Gasteiger partial charge in [-0.1, -0.05) is 0 Å². The Morgan fingerprint density at radius 2 is 1.90 bits per heavy atom. The topological polar surface area (TPSA) is 84.2 Å². The van der Waals surface area contributed by atoms with E-state index in [-0.39, 0.29) is 4.90 Å². The molecule has 2 aromatic rings. The molecule has 6 nitrogen and oxygen atoms in total. The van der Waals surface area contributed by atoms with Gasteiger partial charge in [0.2, 0.25) is 0 Å². The lowest BCUT2D eigenvalue weighted by Gasteiger charge is -2.09. The van der Waals surface area contributed by atoms with E-state index in [0.717, 1.165) is 5.69 Å². The van der Waals surface area contributed by atoms with E-state index in [1.54, 1.807) is 33.0 Å². The molecule has 2 rings (SSSR count). The molecule has 0 aliphatic heterocycles. The number of hydrogen-bond donors (Lipinski definition) is 2. The summed E-state index contributed by atoms with van der Waals surface area (Å²) >= 11 is 0. The number of pyridine rings is 1. The highest BCUT2D eigenvalue weighted by atomic mass is 32.2. The number of nitrogens with zero attached hydrogens (tertiary/aromatic N) is 1. The van der Waals surface area contributed by atoms with Crippen molar-refractivity contribution < 1.29 is 12.8 Å². The molecule has 7 heteroatoms. The molecule has 0 radical (unpaired) electrons. The SMILES string of the molecule is CNCc1c(C)oc(C)c1S(=O)(=O)Nc1ccc(C)nc1. The minimum atomic E-state index is -3.71. The van der Waals surface area contributed by atoms with Crippen molar-refractivity contribution in [2.24, 2.45) is 0 Å². The summed E-state index contributed by atoms with van der Waals surface area (Å²) in [6, 6.07) is 3.43. The van der Waals surface area contributed by atoms with Gasteiger partial charge >= 0.3 is 0 Å². The summed E-state index contributed by atoms with van der Waals surface area (Å²) < 4.78 is 33.2. The molecule has 0 saturated carbocycles. The number of anilines is 1. The molecule has 0 unspecified atom stereocenters. The third-order valence-corrected chi connectivity index (χ3v) is 4.69. The van der Waals surface area contributed by atoms with E-state index in [0.29, 0.717) is 29.3 Å². The van der Waals surface area contributed by atoms with Gasteiger partial charge in [0.15, 0.2) is 0 Å². The highest BCUT2D eigenvalue weighted by molar-refractivity contribution is 7.92. The molecule has 0 aliphatic carbocycles. The number of nitrogens with one attached hydrogen (secondary N) is 2. The molecule has 2 N–H and O–H groups in total. The van der Waals surface area contributed by atoms with Gasteiger partial charge < -0.3 is 9.73 Å². The number of aromatic nitrogens is 1. The second-order valence-corrected chi connectivity index (χ2v) is 6.47. The average molecular weight is 309 g/mol. The summed E-state index contributed by atoms with van der Waals surface area (Å²) in [5, 5.41) is 2.96. The van der Waals surface area contributed by atoms with E-state index < -0.39 is 10.0 Å². The summed E-state index contributed by atoms with van der Waals surface area (Å²) in [6.45, 7) is 5.67. The van der Waals surface area contributed by atoms with Gasteiger partial charge in [0.25, 0.3) is 10.0 Å². The summed E-state index contributed by atoms with van der Waals surface area (Å²) in [5.41, 5.74) is 1.89. The van der Waals surface area contributed by atoms with Crippen molar-refractivity contribution in [2.75, 3.05) is 11.8 Å². The molecule has 0 atom stereocenters. The zero-order valence-corrected chi connectivity index (χ0v) is 13.3. The first-order valence-electron chi connectivity index (χ1n) is 6.54. The maximum atomic E-state index is 12.6. The van der Waals surface area contributed by atoms with Gasteiger partial charge in [0.05, 0.1) is 11.9 Å². The largest absolute Gasteiger partial charge is 0.465 e. The molecule has 0 fully saturated rings. The fourth-order valence-electron chi connectivity index (χ4n) is 2.18. The second kappa shape index (κ2) is 5.87. The third-order valence-electron chi connectivity index (χ3n) is 3.11. The van der Waals surface area contributed by atoms with Gasteiger partial charge in [-0.05, 0) is 40.0 Å². The van der Waals surface area contributed by atoms with E-state index in [4.69, 9.17) is 4.42 Å². The molecule has 0 amide bonds. The maximum Gasteiger partial charge on any atom is 0.265 e. The maximum absolute atomic E-state index is 12.6. The van der Waals surface area contributed by atoms with E-state index >= 15 is 0 Å². The van der Waals surface area contributed by atoms with Crippen LogP contribution in [0.25, 0.3) is 0 Å². The average Bonchev–Trinajstić information content (AvgIpc) is 2.68. The molecular formula is C14H19N3O3S.